The third-order valence-corrected chi connectivity index (χ3v) is 4.26. The average Bonchev–Trinajstić information content (AvgIpc) is 2.68. The first-order valence-corrected chi connectivity index (χ1v) is 9.04. The molecule has 0 aliphatic heterocycles. The summed E-state index contributed by atoms with van der Waals surface area (Å²) in [7, 11) is 1.57. The Morgan fingerprint density at radius 2 is 1.93 bits per heavy atom. The molecule has 2 aromatic carbocycles. The highest BCUT2D eigenvalue weighted by Gasteiger charge is 2.13. The molecule has 0 fully saturated rings. The summed E-state index contributed by atoms with van der Waals surface area (Å²) < 4.78 is 11.2. The Kier molecular flexibility index (Phi) is 5.91. The molecule has 1 amide bonds. The SMILES string of the molecule is COc1cc(C(=O)Nc2cccc3cccnc23)ccc1OCCC(C)C. The predicted molar refractivity (Wildman–Crippen MR) is 108 cm³/mol. The van der Waals surface area contributed by atoms with Gasteiger partial charge in [-0.3, -0.25) is 9.78 Å². The number of aromatic nitrogens is 1. The minimum atomic E-state index is -0.222. The van der Waals surface area contributed by atoms with Gasteiger partial charge in [0.15, 0.2) is 11.5 Å². The molecule has 3 aromatic rings. The number of nitrogens with one attached hydrogen (secondary N) is 1. The second-order valence-electron chi connectivity index (χ2n) is 6.73. The number of rotatable bonds is 7. The monoisotopic (exact) mass is 364 g/mol. The Morgan fingerprint density at radius 1 is 1.11 bits per heavy atom. The number of hydrogen-bond donors (Lipinski definition) is 1. The standard InChI is InChI=1S/C22H24N2O3/c1-15(2)11-13-27-19-10-9-17(14-20(19)26-3)22(25)24-18-8-4-6-16-7-5-12-23-21(16)18/h4-10,12,14-15H,11,13H2,1-3H3,(H,24,25). The zero-order chi connectivity index (χ0) is 19.2. The first kappa shape index (κ1) is 18.7. The quantitative estimate of drug-likeness (QED) is 0.646. The normalized spacial score (nSPS) is 10.8. The van der Waals surface area contributed by atoms with Crippen LogP contribution in [0.25, 0.3) is 10.9 Å². The minimum absolute atomic E-state index is 0.222. The van der Waals surface area contributed by atoms with Crippen LogP contribution in [0.1, 0.15) is 30.6 Å². The molecular formula is C22H24N2O3. The van der Waals surface area contributed by atoms with E-state index < -0.39 is 0 Å². The van der Waals surface area contributed by atoms with E-state index in [1.807, 2.05) is 30.3 Å². The zero-order valence-electron chi connectivity index (χ0n) is 15.9. The van der Waals surface area contributed by atoms with Crippen LogP contribution >= 0.6 is 0 Å². The van der Waals surface area contributed by atoms with Crippen LogP contribution < -0.4 is 14.8 Å². The lowest BCUT2D eigenvalue weighted by Gasteiger charge is -2.13. The number of hydrogen-bond acceptors (Lipinski definition) is 4. The van der Waals surface area contributed by atoms with Crippen LogP contribution in [0.5, 0.6) is 11.5 Å². The van der Waals surface area contributed by atoms with Gasteiger partial charge in [-0.05, 0) is 42.7 Å². The second kappa shape index (κ2) is 8.54. The van der Waals surface area contributed by atoms with Crippen molar-refractivity contribution in [2.45, 2.75) is 20.3 Å². The van der Waals surface area contributed by atoms with Gasteiger partial charge in [-0.15, -0.1) is 0 Å². The molecule has 0 atom stereocenters. The van der Waals surface area contributed by atoms with Crippen LogP contribution in [0.4, 0.5) is 5.69 Å². The van der Waals surface area contributed by atoms with Crippen molar-refractivity contribution in [3.8, 4) is 11.5 Å². The third-order valence-electron chi connectivity index (χ3n) is 4.26. The van der Waals surface area contributed by atoms with Crippen LogP contribution in [0.2, 0.25) is 0 Å². The first-order valence-electron chi connectivity index (χ1n) is 9.04. The summed E-state index contributed by atoms with van der Waals surface area (Å²) in [4.78, 5) is 17.1. The Labute approximate surface area is 159 Å². The molecule has 0 spiro atoms. The number of pyridine rings is 1. The van der Waals surface area contributed by atoms with Crippen LogP contribution in [0, 0.1) is 5.92 Å². The molecular weight excluding hydrogens is 340 g/mol. The Balaban J connectivity index is 1.78. The summed E-state index contributed by atoms with van der Waals surface area (Å²) in [5, 5.41) is 3.91. The molecule has 0 aliphatic rings. The van der Waals surface area contributed by atoms with Crippen molar-refractivity contribution in [3.05, 3.63) is 60.3 Å². The largest absolute Gasteiger partial charge is 0.493 e. The number of carbonyl (C=O) groups is 1. The number of amides is 1. The number of methoxy groups -OCH3 is 1. The van der Waals surface area contributed by atoms with Gasteiger partial charge in [0.2, 0.25) is 0 Å². The van der Waals surface area contributed by atoms with Gasteiger partial charge in [-0.1, -0.05) is 32.0 Å². The van der Waals surface area contributed by atoms with E-state index >= 15 is 0 Å². The van der Waals surface area contributed by atoms with Crippen molar-refractivity contribution in [1.82, 2.24) is 4.98 Å². The fraction of sp³-hybridized carbons (Fsp3) is 0.273. The van der Waals surface area contributed by atoms with Gasteiger partial charge in [0, 0.05) is 17.1 Å². The molecule has 0 unspecified atom stereocenters. The van der Waals surface area contributed by atoms with Crippen molar-refractivity contribution >= 4 is 22.5 Å². The van der Waals surface area contributed by atoms with Crippen LogP contribution in [-0.2, 0) is 0 Å². The summed E-state index contributed by atoms with van der Waals surface area (Å²) in [6.45, 7) is 4.91. The zero-order valence-corrected chi connectivity index (χ0v) is 15.9. The van der Waals surface area contributed by atoms with E-state index in [0.29, 0.717) is 35.3 Å². The molecule has 0 bridgehead atoms. The van der Waals surface area contributed by atoms with E-state index in [1.54, 1.807) is 31.5 Å². The Morgan fingerprint density at radius 3 is 2.70 bits per heavy atom. The second-order valence-corrected chi connectivity index (χ2v) is 6.73. The number of carbonyl (C=O) groups excluding carboxylic acids is 1. The third kappa shape index (κ3) is 4.56. The van der Waals surface area contributed by atoms with Gasteiger partial charge in [0.1, 0.15) is 0 Å². The van der Waals surface area contributed by atoms with Crippen LogP contribution in [0.3, 0.4) is 0 Å². The van der Waals surface area contributed by atoms with Crippen molar-refractivity contribution in [3.63, 3.8) is 0 Å². The van der Waals surface area contributed by atoms with E-state index in [9.17, 15) is 4.79 Å². The van der Waals surface area contributed by atoms with Crippen molar-refractivity contribution in [2.24, 2.45) is 5.92 Å². The van der Waals surface area contributed by atoms with E-state index in [0.717, 1.165) is 17.3 Å². The molecule has 1 aromatic heterocycles. The summed E-state index contributed by atoms with van der Waals surface area (Å²) in [5.74, 6) is 1.53. The molecule has 1 N–H and O–H groups in total. The molecule has 5 heteroatoms. The maximum Gasteiger partial charge on any atom is 0.255 e. The number of benzene rings is 2. The van der Waals surface area contributed by atoms with E-state index in [-0.39, 0.29) is 5.91 Å². The average molecular weight is 364 g/mol. The fourth-order valence-electron chi connectivity index (χ4n) is 2.73. The highest BCUT2D eigenvalue weighted by atomic mass is 16.5. The molecule has 0 saturated heterocycles. The van der Waals surface area contributed by atoms with E-state index in [1.165, 1.54) is 0 Å². The van der Waals surface area contributed by atoms with Gasteiger partial charge >= 0.3 is 0 Å². The Bertz CT molecular complexity index is 932. The lowest BCUT2D eigenvalue weighted by atomic mass is 10.1. The molecule has 3 rings (SSSR count). The van der Waals surface area contributed by atoms with Crippen molar-refractivity contribution in [2.75, 3.05) is 19.0 Å². The summed E-state index contributed by atoms with van der Waals surface area (Å²) in [5.41, 5.74) is 1.93. The lowest BCUT2D eigenvalue weighted by Crippen LogP contribution is -2.13. The molecule has 0 saturated carbocycles. The van der Waals surface area contributed by atoms with Crippen LogP contribution in [0.15, 0.2) is 54.7 Å². The molecule has 1 heterocycles. The van der Waals surface area contributed by atoms with Gasteiger partial charge in [0.25, 0.3) is 5.91 Å². The lowest BCUT2D eigenvalue weighted by molar-refractivity contribution is 0.102. The van der Waals surface area contributed by atoms with Gasteiger partial charge in [0.05, 0.1) is 24.9 Å². The number of fused-ring (bicyclic) bond motifs is 1. The van der Waals surface area contributed by atoms with E-state index in [4.69, 9.17) is 9.47 Å². The number of nitrogens with zero attached hydrogens (tertiary/aromatic N) is 1. The highest BCUT2D eigenvalue weighted by Crippen LogP contribution is 2.29. The topological polar surface area (TPSA) is 60.5 Å². The molecule has 0 radical (unpaired) electrons. The smallest absolute Gasteiger partial charge is 0.255 e. The molecule has 5 nitrogen and oxygen atoms in total. The van der Waals surface area contributed by atoms with Crippen molar-refractivity contribution < 1.29 is 14.3 Å². The number of anilines is 1. The van der Waals surface area contributed by atoms with Gasteiger partial charge < -0.3 is 14.8 Å². The maximum absolute atomic E-state index is 12.7. The molecule has 140 valence electrons. The number of ether oxygens (including phenoxy) is 2. The fourth-order valence-corrected chi connectivity index (χ4v) is 2.73. The van der Waals surface area contributed by atoms with E-state index in [2.05, 4.69) is 24.1 Å². The summed E-state index contributed by atoms with van der Waals surface area (Å²) >= 11 is 0. The van der Waals surface area contributed by atoms with Gasteiger partial charge in [-0.2, -0.15) is 0 Å². The molecule has 27 heavy (non-hydrogen) atoms. The van der Waals surface area contributed by atoms with Crippen molar-refractivity contribution in [1.29, 1.82) is 0 Å². The summed E-state index contributed by atoms with van der Waals surface area (Å²) in [6.07, 6.45) is 2.67. The highest BCUT2D eigenvalue weighted by molar-refractivity contribution is 6.08. The van der Waals surface area contributed by atoms with Crippen LogP contribution in [-0.4, -0.2) is 24.6 Å². The summed E-state index contributed by atoms with van der Waals surface area (Å²) in [6, 6.07) is 14.7. The predicted octanol–water partition coefficient (Wildman–Crippen LogP) is 4.92. The Hall–Kier alpha value is -3.08. The number of para-hydroxylation sites is 1. The molecule has 0 aliphatic carbocycles. The van der Waals surface area contributed by atoms with Gasteiger partial charge in [-0.25, -0.2) is 0 Å². The maximum atomic E-state index is 12.7. The first-order chi connectivity index (χ1) is 13.1. The minimum Gasteiger partial charge on any atom is -0.493 e.